The van der Waals surface area contributed by atoms with Crippen LogP contribution in [-0.4, -0.2) is 26.9 Å². The smallest absolute Gasteiger partial charge is 0.269 e. The molecule has 0 N–H and O–H groups in total. The number of carbonyl (C=O) groups excluding carboxylic acids is 1. The zero-order valence-corrected chi connectivity index (χ0v) is 20.5. The molecule has 0 unspecified atom stereocenters. The molecule has 2 heterocycles. The van der Waals surface area contributed by atoms with Gasteiger partial charge < -0.3 is 4.42 Å². The lowest BCUT2D eigenvalue weighted by Crippen LogP contribution is -2.40. The lowest BCUT2D eigenvalue weighted by atomic mass is 9.94. The van der Waals surface area contributed by atoms with Gasteiger partial charge in [0.15, 0.2) is 5.17 Å². The summed E-state index contributed by atoms with van der Waals surface area (Å²) in [5.74, 6) is 0.433. The molecular formula is C27H24FN3O4S. The molecule has 9 heteroatoms. The summed E-state index contributed by atoms with van der Waals surface area (Å²) < 4.78 is 20.3. The number of rotatable bonds is 5. The van der Waals surface area contributed by atoms with Crippen LogP contribution in [0.4, 0.5) is 15.8 Å². The van der Waals surface area contributed by atoms with E-state index in [-0.39, 0.29) is 23.3 Å². The van der Waals surface area contributed by atoms with Crippen LogP contribution in [-0.2, 0) is 4.79 Å². The number of furan rings is 1. The Balaban J connectivity index is 1.46. The van der Waals surface area contributed by atoms with E-state index in [2.05, 4.69) is 4.99 Å². The van der Waals surface area contributed by atoms with Crippen molar-refractivity contribution in [1.82, 2.24) is 4.90 Å². The van der Waals surface area contributed by atoms with Crippen molar-refractivity contribution in [3.05, 3.63) is 86.8 Å². The van der Waals surface area contributed by atoms with Crippen LogP contribution in [0.15, 0.2) is 68.9 Å². The second kappa shape index (κ2) is 10.1. The van der Waals surface area contributed by atoms with Gasteiger partial charge in [0.05, 0.1) is 9.83 Å². The molecule has 184 valence electrons. The number of non-ortho nitro benzene ring substituents is 1. The van der Waals surface area contributed by atoms with E-state index in [1.54, 1.807) is 54.3 Å². The van der Waals surface area contributed by atoms with Crippen LogP contribution in [0, 0.1) is 22.9 Å². The molecular weight excluding hydrogens is 481 g/mol. The predicted octanol–water partition coefficient (Wildman–Crippen LogP) is 7.24. The molecule has 1 aromatic heterocycles. The molecule has 5 rings (SSSR count). The van der Waals surface area contributed by atoms with Crippen LogP contribution in [0.2, 0.25) is 0 Å². The Bertz CT molecular complexity index is 1390. The van der Waals surface area contributed by atoms with Crippen molar-refractivity contribution >= 4 is 40.3 Å². The van der Waals surface area contributed by atoms with Crippen molar-refractivity contribution in [3.8, 4) is 11.3 Å². The van der Waals surface area contributed by atoms with Gasteiger partial charge in [0.25, 0.3) is 11.6 Å². The molecule has 1 aliphatic carbocycles. The molecule has 36 heavy (non-hydrogen) atoms. The van der Waals surface area contributed by atoms with Gasteiger partial charge in [-0.3, -0.25) is 19.8 Å². The highest BCUT2D eigenvalue weighted by molar-refractivity contribution is 8.18. The van der Waals surface area contributed by atoms with E-state index < -0.39 is 10.7 Å². The monoisotopic (exact) mass is 505 g/mol. The van der Waals surface area contributed by atoms with E-state index in [0.717, 1.165) is 37.7 Å². The zero-order valence-electron chi connectivity index (χ0n) is 19.6. The maximum atomic E-state index is 14.3. The molecule has 7 nitrogen and oxygen atoms in total. The maximum Gasteiger partial charge on any atom is 0.269 e. The minimum atomic E-state index is -0.437. The lowest BCUT2D eigenvalue weighted by molar-refractivity contribution is -0.384. The highest BCUT2D eigenvalue weighted by Gasteiger charge is 2.39. The predicted molar refractivity (Wildman–Crippen MR) is 138 cm³/mol. The summed E-state index contributed by atoms with van der Waals surface area (Å²) >= 11 is 1.22. The average Bonchev–Trinajstić information content (AvgIpc) is 3.45. The first-order valence-corrected chi connectivity index (χ1v) is 12.6. The Morgan fingerprint density at radius 3 is 2.64 bits per heavy atom. The SMILES string of the molecule is Cc1cc([N+](=O)[O-])ccc1-c1ccc(/C=C2\SC(=Nc3ccccc3F)N(C3CCCCC3)C2=O)o1. The summed E-state index contributed by atoms with van der Waals surface area (Å²) in [5.41, 5.74) is 1.67. The molecule has 1 saturated carbocycles. The standard InChI is InChI=1S/C27H24FN3O4S/c1-17-15-19(31(33)34)11-13-21(17)24-14-12-20(35-24)16-25-26(32)30(18-7-3-2-4-8-18)27(36-25)29-23-10-6-5-9-22(23)28/h5-6,9-16,18H,2-4,7-8H2,1H3/b25-16-,29-27?. The third-order valence-electron chi connectivity index (χ3n) is 6.43. The molecule has 0 spiro atoms. The number of aryl methyl sites for hydroxylation is 1. The van der Waals surface area contributed by atoms with Gasteiger partial charge in [-0.05, 0) is 67.4 Å². The van der Waals surface area contributed by atoms with Crippen LogP contribution in [0.1, 0.15) is 43.4 Å². The van der Waals surface area contributed by atoms with Crippen molar-refractivity contribution in [2.24, 2.45) is 4.99 Å². The minimum absolute atomic E-state index is 0.0163. The van der Waals surface area contributed by atoms with Gasteiger partial charge in [-0.1, -0.05) is 31.4 Å². The van der Waals surface area contributed by atoms with Crippen LogP contribution in [0.5, 0.6) is 0 Å². The highest BCUT2D eigenvalue weighted by atomic mass is 32.2. The van der Waals surface area contributed by atoms with Gasteiger partial charge in [-0.15, -0.1) is 0 Å². The minimum Gasteiger partial charge on any atom is -0.457 e. The third-order valence-corrected chi connectivity index (χ3v) is 7.41. The Kier molecular flexibility index (Phi) is 6.73. The fourth-order valence-corrected chi connectivity index (χ4v) is 5.65. The van der Waals surface area contributed by atoms with Crippen molar-refractivity contribution in [1.29, 1.82) is 0 Å². The van der Waals surface area contributed by atoms with Gasteiger partial charge in [0, 0.05) is 29.8 Å². The number of hydrogen-bond acceptors (Lipinski definition) is 6. The normalized spacial score (nSPS) is 18.9. The summed E-state index contributed by atoms with van der Waals surface area (Å²) in [7, 11) is 0. The fourth-order valence-electron chi connectivity index (χ4n) is 4.61. The number of amides is 1. The molecule has 3 aromatic rings. The van der Waals surface area contributed by atoms with Crippen molar-refractivity contribution in [2.75, 3.05) is 0 Å². The first kappa shape index (κ1) is 24.0. The number of hydrogen-bond donors (Lipinski definition) is 0. The van der Waals surface area contributed by atoms with Gasteiger partial charge >= 0.3 is 0 Å². The molecule has 0 bridgehead atoms. The number of amidine groups is 1. The Morgan fingerprint density at radius 1 is 1.14 bits per heavy atom. The number of benzene rings is 2. The Labute approximate surface area is 211 Å². The second-order valence-electron chi connectivity index (χ2n) is 8.88. The number of para-hydroxylation sites is 1. The van der Waals surface area contributed by atoms with Crippen LogP contribution < -0.4 is 0 Å². The fraction of sp³-hybridized carbons (Fsp3) is 0.259. The quantitative estimate of drug-likeness (QED) is 0.207. The van der Waals surface area contributed by atoms with E-state index in [0.29, 0.717) is 27.2 Å². The van der Waals surface area contributed by atoms with E-state index >= 15 is 0 Å². The van der Waals surface area contributed by atoms with Crippen molar-refractivity contribution in [2.45, 2.75) is 45.1 Å². The topological polar surface area (TPSA) is 89.0 Å². The summed E-state index contributed by atoms with van der Waals surface area (Å²) in [6.45, 7) is 1.78. The summed E-state index contributed by atoms with van der Waals surface area (Å²) in [4.78, 5) is 30.8. The van der Waals surface area contributed by atoms with Gasteiger partial charge in [-0.2, -0.15) is 0 Å². The summed E-state index contributed by atoms with van der Waals surface area (Å²) in [6, 6.07) is 14.4. The average molecular weight is 506 g/mol. The largest absolute Gasteiger partial charge is 0.457 e. The molecule has 0 atom stereocenters. The van der Waals surface area contributed by atoms with E-state index in [9.17, 15) is 19.3 Å². The lowest BCUT2D eigenvalue weighted by Gasteiger charge is -2.30. The van der Waals surface area contributed by atoms with E-state index in [1.807, 2.05) is 0 Å². The maximum absolute atomic E-state index is 14.3. The molecule has 1 aliphatic heterocycles. The molecule has 2 aromatic carbocycles. The molecule has 2 fully saturated rings. The number of halogens is 1. The molecule has 2 aliphatic rings. The zero-order chi connectivity index (χ0) is 25.2. The highest BCUT2D eigenvalue weighted by Crippen LogP contribution is 2.39. The molecule has 0 radical (unpaired) electrons. The number of nitro groups is 1. The Morgan fingerprint density at radius 2 is 1.92 bits per heavy atom. The third kappa shape index (κ3) is 4.83. The van der Waals surface area contributed by atoms with Crippen LogP contribution in [0.3, 0.4) is 0 Å². The van der Waals surface area contributed by atoms with Crippen LogP contribution >= 0.6 is 11.8 Å². The molecule has 1 saturated heterocycles. The summed E-state index contributed by atoms with van der Waals surface area (Å²) in [6.07, 6.45) is 6.69. The Hall–Kier alpha value is -3.72. The first-order valence-electron chi connectivity index (χ1n) is 11.8. The number of aliphatic imine (C=N–C) groups is 1. The van der Waals surface area contributed by atoms with Gasteiger partial charge in [0.1, 0.15) is 23.0 Å². The van der Waals surface area contributed by atoms with Crippen molar-refractivity contribution < 1.29 is 18.5 Å². The molecule has 1 amide bonds. The number of thioether (sulfide) groups is 1. The summed E-state index contributed by atoms with van der Waals surface area (Å²) in [5, 5.41) is 11.5. The number of nitro benzene ring substituents is 1. The van der Waals surface area contributed by atoms with E-state index in [1.165, 1.54) is 30.0 Å². The number of carbonyl (C=O) groups is 1. The van der Waals surface area contributed by atoms with Crippen molar-refractivity contribution in [3.63, 3.8) is 0 Å². The van der Waals surface area contributed by atoms with Crippen LogP contribution in [0.25, 0.3) is 17.4 Å². The van der Waals surface area contributed by atoms with E-state index in [4.69, 9.17) is 4.42 Å². The number of nitrogens with zero attached hydrogens (tertiary/aromatic N) is 3. The second-order valence-corrected chi connectivity index (χ2v) is 9.89. The first-order chi connectivity index (χ1) is 17.4. The van der Waals surface area contributed by atoms with Gasteiger partial charge in [0.2, 0.25) is 0 Å². The van der Waals surface area contributed by atoms with Gasteiger partial charge in [-0.25, -0.2) is 9.38 Å².